The van der Waals surface area contributed by atoms with Crippen molar-refractivity contribution in [2.24, 2.45) is 5.73 Å². The summed E-state index contributed by atoms with van der Waals surface area (Å²) in [6.07, 6.45) is -2.97. The summed E-state index contributed by atoms with van der Waals surface area (Å²) in [5.74, 6) is 0. The first-order chi connectivity index (χ1) is 8.93. The van der Waals surface area contributed by atoms with Gasteiger partial charge < -0.3 is 5.73 Å². The van der Waals surface area contributed by atoms with Gasteiger partial charge >= 0.3 is 6.18 Å². The molecule has 0 atom stereocenters. The summed E-state index contributed by atoms with van der Waals surface area (Å²) in [5, 5.41) is 0.564. The maximum absolute atomic E-state index is 13.0. The van der Waals surface area contributed by atoms with Crippen molar-refractivity contribution in [1.29, 1.82) is 0 Å². The molecule has 1 aromatic heterocycles. The molecule has 0 radical (unpaired) electrons. The lowest BCUT2D eigenvalue weighted by Crippen LogP contribution is -2.08. The van der Waals surface area contributed by atoms with Gasteiger partial charge in [-0.1, -0.05) is 12.1 Å². The lowest BCUT2D eigenvalue weighted by molar-refractivity contribution is -0.136. The Morgan fingerprint density at radius 1 is 1.26 bits per heavy atom. The molecule has 0 aliphatic rings. The first-order valence-electron chi connectivity index (χ1n) is 6.10. The molecule has 0 saturated heterocycles. The van der Waals surface area contributed by atoms with E-state index in [0.717, 1.165) is 18.1 Å². The van der Waals surface area contributed by atoms with Crippen LogP contribution in [0.1, 0.15) is 23.2 Å². The molecule has 0 spiro atoms. The van der Waals surface area contributed by atoms with Gasteiger partial charge in [0.05, 0.1) is 11.1 Å². The highest BCUT2D eigenvalue weighted by molar-refractivity contribution is 5.85. The van der Waals surface area contributed by atoms with Crippen LogP contribution < -0.4 is 5.73 Å². The molecule has 5 heteroatoms. The molecule has 0 aliphatic carbocycles. The number of pyridine rings is 1. The number of nitrogens with zero attached hydrogens (tertiary/aromatic N) is 1. The highest BCUT2D eigenvalue weighted by Crippen LogP contribution is 2.35. The highest BCUT2D eigenvalue weighted by Gasteiger charge is 2.33. The fourth-order valence-electron chi connectivity index (χ4n) is 2.19. The van der Waals surface area contributed by atoms with Crippen LogP contribution in [0.4, 0.5) is 13.2 Å². The number of hydrogen-bond acceptors (Lipinski definition) is 2. The topological polar surface area (TPSA) is 38.9 Å². The van der Waals surface area contributed by atoms with E-state index in [1.54, 1.807) is 13.0 Å². The molecular formula is C14H15F3N2. The second-order valence-electron chi connectivity index (χ2n) is 4.51. The standard InChI is InChI=1S/C14H15F3N2/c1-9-8-10(4-3-7-18)11-5-2-6-12(13(11)19-9)14(15,16)17/h2,5-6,8H,3-4,7,18H2,1H3. The number of halogens is 3. The number of aromatic nitrogens is 1. The van der Waals surface area contributed by atoms with Crippen LogP contribution in [-0.2, 0) is 12.6 Å². The minimum absolute atomic E-state index is 0.0296. The average Bonchev–Trinajstić information content (AvgIpc) is 2.33. The number of aryl methyl sites for hydroxylation is 2. The minimum Gasteiger partial charge on any atom is -0.330 e. The van der Waals surface area contributed by atoms with Crippen LogP contribution in [0.25, 0.3) is 10.9 Å². The fraction of sp³-hybridized carbons (Fsp3) is 0.357. The number of fused-ring (bicyclic) bond motifs is 1. The Labute approximate surface area is 109 Å². The number of rotatable bonds is 3. The van der Waals surface area contributed by atoms with Gasteiger partial charge in [0.2, 0.25) is 0 Å². The molecule has 1 aromatic carbocycles. The molecule has 0 saturated carbocycles. The van der Waals surface area contributed by atoms with E-state index >= 15 is 0 Å². The summed E-state index contributed by atoms with van der Waals surface area (Å²) in [6, 6.07) is 6.01. The van der Waals surface area contributed by atoms with Crippen molar-refractivity contribution in [3.63, 3.8) is 0 Å². The number of alkyl halides is 3. The van der Waals surface area contributed by atoms with Gasteiger partial charge in [-0.15, -0.1) is 0 Å². The van der Waals surface area contributed by atoms with E-state index in [1.165, 1.54) is 6.07 Å². The van der Waals surface area contributed by atoms with Gasteiger partial charge in [0, 0.05) is 11.1 Å². The molecule has 0 amide bonds. The molecule has 0 fully saturated rings. The lowest BCUT2D eigenvalue weighted by Gasteiger charge is -2.13. The second-order valence-corrected chi connectivity index (χ2v) is 4.51. The number of benzene rings is 1. The highest BCUT2D eigenvalue weighted by atomic mass is 19.4. The van der Waals surface area contributed by atoms with Crippen LogP contribution in [0, 0.1) is 6.92 Å². The van der Waals surface area contributed by atoms with Gasteiger partial charge in [-0.25, -0.2) is 0 Å². The molecule has 2 aromatic rings. The first kappa shape index (κ1) is 13.8. The van der Waals surface area contributed by atoms with Crippen LogP contribution in [0.3, 0.4) is 0 Å². The molecule has 2 rings (SSSR count). The van der Waals surface area contributed by atoms with Gasteiger partial charge in [0.15, 0.2) is 0 Å². The minimum atomic E-state index is -4.38. The van der Waals surface area contributed by atoms with Crippen molar-refractivity contribution >= 4 is 10.9 Å². The number of nitrogens with two attached hydrogens (primary N) is 1. The Morgan fingerprint density at radius 2 is 2.00 bits per heavy atom. The Morgan fingerprint density at radius 3 is 2.63 bits per heavy atom. The van der Waals surface area contributed by atoms with E-state index in [-0.39, 0.29) is 5.52 Å². The summed E-state index contributed by atoms with van der Waals surface area (Å²) in [4.78, 5) is 4.06. The van der Waals surface area contributed by atoms with Gasteiger partial charge in [0.1, 0.15) is 0 Å². The normalized spacial score (nSPS) is 12.1. The van der Waals surface area contributed by atoms with Crippen LogP contribution >= 0.6 is 0 Å². The molecule has 102 valence electrons. The van der Waals surface area contributed by atoms with Gasteiger partial charge in [-0.3, -0.25) is 4.98 Å². The lowest BCUT2D eigenvalue weighted by atomic mass is 10.0. The zero-order valence-corrected chi connectivity index (χ0v) is 10.6. The van der Waals surface area contributed by atoms with Crippen LogP contribution in [-0.4, -0.2) is 11.5 Å². The van der Waals surface area contributed by atoms with E-state index < -0.39 is 11.7 Å². The third-order valence-electron chi connectivity index (χ3n) is 3.01. The Hall–Kier alpha value is -1.62. The summed E-state index contributed by atoms with van der Waals surface area (Å²) < 4.78 is 38.9. The van der Waals surface area contributed by atoms with E-state index in [9.17, 15) is 13.2 Å². The van der Waals surface area contributed by atoms with Crippen LogP contribution in [0.15, 0.2) is 24.3 Å². The zero-order valence-electron chi connectivity index (χ0n) is 10.6. The average molecular weight is 268 g/mol. The maximum atomic E-state index is 13.0. The van der Waals surface area contributed by atoms with E-state index in [0.29, 0.717) is 24.0 Å². The number of para-hydroxylation sites is 1. The van der Waals surface area contributed by atoms with Crippen molar-refractivity contribution in [2.45, 2.75) is 25.9 Å². The molecule has 2 nitrogen and oxygen atoms in total. The summed E-state index contributed by atoms with van der Waals surface area (Å²) in [5.41, 5.74) is 6.28. The van der Waals surface area contributed by atoms with Crippen molar-refractivity contribution in [2.75, 3.05) is 6.54 Å². The Balaban J connectivity index is 2.66. The van der Waals surface area contributed by atoms with E-state index in [4.69, 9.17) is 5.73 Å². The van der Waals surface area contributed by atoms with Crippen LogP contribution in [0.5, 0.6) is 0 Å². The summed E-state index contributed by atoms with van der Waals surface area (Å²) in [6.45, 7) is 2.22. The predicted octanol–water partition coefficient (Wildman–Crippen LogP) is 3.45. The molecule has 2 N–H and O–H groups in total. The van der Waals surface area contributed by atoms with Crippen LogP contribution in [0.2, 0.25) is 0 Å². The van der Waals surface area contributed by atoms with Crippen molar-refractivity contribution in [3.8, 4) is 0 Å². The maximum Gasteiger partial charge on any atom is 0.418 e. The molecule has 19 heavy (non-hydrogen) atoms. The Kier molecular flexibility index (Phi) is 3.75. The van der Waals surface area contributed by atoms with E-state index in [1.807, 2.05) is 6.07 Å². The van der Waals surface area contributed by atoms with E-state index in [2.05, 4.69) is 4.98 Å². The summed E-state index contributed by atoms with van der Waals surface area (Å²) >= 11 is 0. The quantitative estimate of drug-likeness (QED) is 0.926. The second kappa shape index (κ2) is 5.17. The smallest absolute Gasteiger partial charge is 0.330 e. The number of hydrogen-bond donors (Lipinski definition) is 1. The monoisotopic (exact) mass is 268 g/mol. The van der Waals surface area contributed by atoms with Crippen molar-refractivity contribution in [3.05, 3.63) is 41.1 Å². The molecule has 0 unspecified atom stereocenters. The molecule has 0 bridgehead atoms. The first-order valence-corrected chi connectivity index (χ1v) is 6.10. The molecular weight excluding hydrogens is 253 g/mol. The fourth-order valence-corrected chi connectivity index (χ4v) is 2.19. The summed E-state index contributed by atoms with van der Waals surface area (Å²) in [7, 11) is 0. The van der Waals surface area contributed by atoms with Gasteiger partial charge in [-0.2, -0.15) is 13.2 Å². The largest absolute Gasteiger partial charge is 0.418 e. The molecule has 0 aliphatic heterocycles. The van der Waals surface area contributed by atoms with Crippen molar-refractivity contribution in [1.82, 2.24) is 4.98 Å². The predicted molar refractivity (Wildman–Crippen MR) is 68.9 cm³/mol. The van der Waals surface area contributed by atoms with Gasteiger partial charge in [-0.05, 0) is 44.0 Å². The Bertz CT molecular complexity index is 591. The van der Waals surface area contributed by atoms with Crippen molar-refractivity contribution < 1.29 is 13.2 Å². The molecule has 1 heterocycles. The SMILES string of the molecule is Cc1cc(CCCN)c2cccc(C(F)(F)F)c2n1. The third-order valence-corrected chi connectivity index (χ3v) is 3.01. The zero-order chi connectivity index (χ0) is 14.0. The van der Waals surface area contributed by atoms with Gasteiger partial charge in [0.25, 0.3) is 0 Å². The third kappa shape index (κ3) is 2.87.